The number of ketones is 1. The third-order valence-electron chi connectivity index (χ3n) is 3.93. The maximum atomic E-state index is 12.3. The predicted molar refractivity (Wildman–Crippen MR) is 104 cm³/mol. The number of hydrogen-bond acceptors (Lipinski definition) is 6. The number of nitrogens with zero attached hydrogens (tertiary/aromatic N) is 3. The van der Waals surface area contributed by atoms with Gasteiger partial charge in [0.1, 0.15) is 5.69 Å². The monoisotopic (exact) mass is 375 g/mol. The fourth-order valence-electron chi connectivity index (χ4n) is 2.38. The number of pyridine rings is 1. The van der Waals surface area contributed by atoms with Crippen molar-refractivity contribution in [1.29, 1.82) is 0 Å². The molecule has 0 saturated heterocycles. The van der Waals surface area contributed by atoms with Crippen LogP contribution in [0.15, 0.2) is 29.1 Å². The number of carbonyl (C=O) groups is 2. The van der Waals surface area contributed by atoms with Gasteiger partial charge in [-0.3, -0.25) is 9.78 Å². The number of thiophene rings is 1. The van der Waals surface area contributed by atoms with Gasteiger partial charge >= 0.3 is 6.03 Å². The summed E-state index contributed by atoms with van der Waals surface area (Å²) in [6.45, 7) is 1.80. The number of anilines is 1. The summed E-state index contributed by atoms with van der Waals surface area (Å²) in [6, 6.07) is 3.40. The van der Waals surface area contributed by atoms with Gasteiger partial charge in [0.2, 0.25) is 0 Å². The minimum Gasteiger partial charge on any atom is -0.398 e. The van der Waals surface area contributed by atoms with E-state index in [1.165, 1.54) is 11.3 Å². The van der Waals surface area contributed by atoms with E-state index >= 15 is 0 Å². The largest absolute Gasteiger partial charge is 0.398 e. The second-order valence-electron chi connectivity index (χ2n) is 6.28. The van der Waals surface area contributed by atoms with Crippen molar-refractivity contribution < 1.29 is 9.59 Å². The molecule has 0 aromatic carbocycles. The van der Waals surface area contributed by atoms with E-state index in [2.05, 4.69) is 10.3 Å². The van der Waals surface area contributed by atoms with Crippen LogP contribution in [0.2, 0.25) is 0 Å². The SMILES string of the molecule is CNC(=O)N(CCN(C)C)Cc1ccc(C(=O)Cc2cscc2N)nc1. The van der Waals surface area contributed by atoms with Crippen molar-refractivity contribution in [3.05, 3.63) is 45.9 Å². The highest BCUT2D eigenvalue weighted by molar-refractivity contribution is 7.08. The fourth-order valence-corrected chi connectivity index (χ4v) is 3.12. The van der Waals surface area contributed by atoms with Gasteiger partial charge in [0, 0.05) is 50.4 Å². The smallest absolute Gasteiger partial charge is 0.317 e. The van der Waals surface area contributed by atoms with E-state index in [1.807, 2.05) is 35.8 Å². The Kier molecular flexibility index (Phi) is 7.11. The van der Waals surface area contributed by atoms with Crippen molar-refractivity contribution in [3.8, 4) is 0 Å². The number of aromatic nitrogens is 1. The minimum atomic E-state index is -0.139. The topological polar surface area (TPSA) is 91.6 Å². The van der Waals surface area contributed by atoms with E-state index < -0.39 is 0 Å². The number of amides is 2. The number of likely N-dealkylation sites (N-methyl/N-ethyl adjacent to an activating group) is 1. The van der Waals surface area contributed by atoms with E-state index in [-0.39, 0.29) is 18.2 Å². The Balaban J connectivity index is 2.01. The Hall–Kier alpha value is -2.45. The first kappa shape index (κ1) is 19.9. The van der Waals surface area contributed by atoms with Crippen LogP contribution in [-0.2, 0) is 13.0 Å². The number of hydrogen-bond donors (Lipinski definition) is 2. The molecular formula is C18H25N5O2S. The van der Waals surface area contributed by atoms with Crippen molar-refractivity contribution in [2.45, 2.75) is 13.0 Å². The third-order valence-corrected chi connectivity index (χ3v) is 4.74. The Morgan fingerprint density at radius 3 is 2.54 bits per heavy atom. The highest BCUT2D eigenvalue weighted by Crippen LogP contribution is 2.19. The van der Waals surface area contributed by atoms with Crippen LogP contribution in [0.25, 0.3) is 0 Å². The van der Waals surface area contributed by atoms with E-state index in [0.29, 0.717) is 24.5 Å². The third kappa shape index (κ3) is 5.53. The summed E-state index contributed by atoms with van der Waals surface area (Å²) in [5.74, 6) is -0.0718. The van der Waals surface area contributed by atoms with E-state index in [4.69, 9.17) is 5.73 Å². The van der Waals surface area contributed by atoms with Crippen molar-refractivity contribution in [2.24, 2.45) is 0 Å². The number of nitrogens with one attached hydrogen (secondary N) is 1. The van der Waals surface area contributed by atoms with Crippen LogP contribution < -0.4 is 11.1 Å². The molecule has 2 rings (SSSR count). The summed E-state index contributed by atoms with van der Waals surface area (Å²) in [7, 11) is 5.54. The predicted octanol–water partition coefficient (Wildman–Crippen LogP) is 1.85. The van der Waals surface area contributed by atoms with Crippen LogP contribution in [0.1, 0.15) is 21.6 Å². The molecule has 0 spiro atoms. The lowest BCUT2D eigenvalue weighted by molar-refractivity contribution is 0.0988. The average Bonchev–Trinajstić information content (AvgIpc) is 3.03. The van der Waals surface area contributed by atoms with Gasteiger partial charge in [0.25, 0.3) is 0 Å². The van der Waals surface area contributed by atoms with Gasteiger partial charge in [-0.15, -0.1) is 11.3 Å². The lowest BCUT2D eigenvalue weighted by Crippen LogP contribution is -2.41. The Morgan fingerprint density at radius 1 is 1.23 bits per heavy atom. The summed E-state index contributed by atoms with van der Waals surface area (Å²) < 4.78 is 0. The van der Waals surface area contributed by atoms with Crippen molar-refractivity contribution in [3.63, 3.8) is 0 Å². The molecule has 0 atom stereocenters. The first-order chi connectivity index (χ1) is 12.4. The first-order valence-corrected chi connectivity index (χ1v) is 9.25. The molecule has 2 aromatic rings. The van der Waals surface area contributed by atoms with Crippen LogP contribution in [0.4, 0.5) is 10.5 Å². The molecule has 0 unspecified atom stereocenters. The summed E-state index contributed by atoms with van der Waals surface area (Å²) >= 11 is 1.48. The minimum absolute atomic E-state index is 0.0718. The molecule has 3 N–H and O–H groups in total. The van der Waals surface area contributed by atoms with Gasteiger partial charge in [-0.25, -0.2) is 4.79 Å². The van der Waals surface area contributed by atoms with Crippen LogP contribution in [0.3, 0.4) is 0 Å². The number of Topliss-reactive ketones (excluding diaryl/α,β-unsaturated/α-hetero) is 1. The molecule has 2 amide bonds. The standard InChI is InChI=1S/C18H25N5O2S/c1-20-18(25)23(7-6-22(2)3)10-13-4-5-16(21-9-13)17(24)8-14-11-26-12-15(14)19/h4-5,9,11-12H,6-8,10,19H2,1-3H3,(H,20,25). The van der Waals surface area contributed by atoms with Gasteiger partial charge < -0.3 is 20.9 Å². The van der Waals surface area contributed by atoms with Gasteiger partial charge in [0.15, 0.2) is 5.78 Å². The van der Waals surface area contributed by atoms with Crippen molar-refractivity contribution >= 4 is 28.8 Å². The lowest BCUT2D eigenvalue weighted by Gasteiger charge is -2.24. The number of carbonyl (C=O) groups excluding carboxylic acids is 2. The van der Waals surface area contributed by atoms with Crippen LogP contribution in [0.5, 0.6) is 0 Å². The van der Waals surface area contributed by atoms with Gasteiger partial charge in [0.05, 0.1) is 0 Å². The van der Waals surface area contributed by atoms with Crippen molar-refractivity contribution in [1.82, 2.24) is 20.1 Å². The molecule has 0 fully saturated rings. The van der Waals surface area contributed by atoms with Crippen LogP contribution in [0, 0.1) is 0 Å². The van der Waals surface area contributed by atoms with Gasteiger partial charge in [-0.1, -0.05) is 6.07 Å². The highest BCUT2D eigenvalue weighted by atomic mass is 32.1. The first-order valence-electron chi connectivity index (χ1n) is 8.30. The van der Waals surface area contributed by atoms with Gasteiger partial charge in [-0.2, -0.15) is 0 Å². The second kappa shape index (κ2) is 9.30. The molecule has 0 radical (unpaired) electrons. The summed E-state index contributed by atoms with van der Waals surface area (Å²) in [4.78, 5) is 32.4. The van der Waals surface area contributed by atoms with Gasteiger partial charge in [-0.05, 0) is 36.7 Å². The zero-order valence-electron chi connectivity index (χ0n) is 15.4. The normalized spacial score (nSPS) is 10.8. The molecule has 0 aliphatic rings. The average molecular weight is 375 g/mol. The zero-order valence-corrected chi connectivity index (χ0v) is 16.2. The molecular weight excluding hydrogens is 350 g/mol. The fraction of sp³-hybridized carbons (Fsp3) is 0.389. The molecule has 2 heterocycles. The Labute approximate surface area is 157 Å². The molecule has 7 nitrogen and oxygen atoms in total. The maximum Gasteiger partial charge on any atom is 0.317 e. The molecule has 0 aliphatic heterocycles. The second-order valence-corrected chi connectivity index (χ2v) is 7.03. The molecule has 0 bridgehead atoms. The van der Waals surface area contributed by atoms with Crippen molar-refractivity contribution in [2.75, 3.05) is 40.0 Å². The highest BCUT2D eigenvalue weighted by Gasteiger charge is 2.14. The quantitative estimate of drug-likeness (QED) is 0.687. The molecule has 2 aromatic heterocycles. The number of rotatable bonds is 8. The summed E-state index contributed by atoms with van der Waals surface area (Å²) in [6.07, 6.45) is 1.89. The Morgan fingerprint density at radius 2 is 2.00 bits per heavy atom. The van der Waals surface area contributed by atoms with Crippen LogP contribution >= 0.6 is 11.3 Å². The molecule has 0 saturated carbocycles. The molecule has 140 valence electrons. The van der Waals surface area contributed by atoms with E-state index in [0.717, 1.165) is 17.7 Å². The Bertz CT molecular complexity index is 742. The molecule has 26 heavy (non-hydrogen) atoms. The van der Waals surface area contributed by atoms with Crippen LogP contribution in [-0.4, -0.2) is 60.8 Å². The summed E-state index contributed by atoms with van der Waals surface area (Å²) in [5, 5.41) is 6.35. The summed E-state index contributed by atoms with van der Waals surface area (Å²) in [5.41, 5.74) is 8.58. The van der Waals surface area contributed by atoms with E-state index in [1.54, 1.807) is 24.2 Å². The zero-order chi connectivity index (χ0) is 19.1. The number of nitrogens with two attached hydrogens (primary N) is 1. The molecule has 0 aliphatic carbocycles. The number of nitrogen functional groups attached to an aromatic ring is 1. The van der Waals surface area contributed by atoms with E-state index in [9.17, 15) is 9.59 Å². The molecule has 8 heteroatoms. The maximum absolute atomic E-state index is 12.3. The lowest BCUT2D eigenvalue weighted by atomic mass is 10.1. The number of urea groups is 1.